The van der Waals surface area contributed by atoms with E-state index in [-0.39, 0.29) is 11.2 Å². The SMILES string of the molecule is COC(CCCCC(=NO)c1cccc(C)c1NS(=O)(=O)c1ccc(C)cc1)OC. The first-order valence-corrected chi connectivity index (χ1v) is 11.3. The Morgan fingerprint density at radius 2 is 1.73 bits per heavy atom. The van der Waals surface area contributed by atoms with Gasteiger partial charge < -0.3 is 14.7 Å². The maximum atomic E-state index is 12.9. The van der Waals surface area contributed by atoms with E-state index in [0.29, 0.717) is 29.8 Å². The molecule has 0 aliphatic heterocycles. The molecule has 0 aromatic heterocycles. The number of hydrogen-bond donors (Lipinski definition) is 2. The van der Waals surface area contributed by atoms with Crippen LogP contribution in [0.4, 0.5) is 5.69 Å². The maximum absolute atomic E-state index is 12.9. The predicted molar refractivity (Wildman–Crippen MR) is 118 cm³/mol. The van der Waals surface area contributed by atoms with Crippen molar-refractivity contribution in [2.45, 2.75) is 50.7 Å². The molecule has 0 bridgehead atoms. The number of aryl methyl sites for hydroxylation is 2. The fourth-order valence-corrected chi connectivity index (χ4v) is 4.28. The molecule has 0 radical (unpaired) electrons. The lowest BCUT2D eigenvalue weighted by Crippen LogP contribution is -2.17. The van der Waals surface area contributed by atoms with E-state index in [2.05, 4.69) is 9.88 Å². The van der Waals surface area contributed by atoms with Gasteiger partial charge in [-0.15, -0.1) is 0 Å². The molecule has 2 rings (SSSR count). The minimum absolute atomic E-state index is 0.176. The van der Waals surface area contributed by atoms with Crippen molar-refractivity contribution < 1.29 is 23.1 Å². The Balaban J connectivity index is 2.21. The molecule has 0 heterocycles. The third-order valence-electron chi connectivity index (χ3n) is 4.90. The van der Waals surface area contributed by atoms with Gasteiger partial charge in [0.05, 0.1) is 16.3 Å². The van der Waals surface area contributed by atoms with E-state index >= 15 is 0 Å². The first kappa shape index (κ1) is 23.9. The van der Waals surface area contributed by atoms with E-state index in [4.69, 9.17) is 9.47 Å². The first-order valence-electron chi connectivity index (χ1n) is 9.78. The monoisotopic (exact) mass is 434 g/mol. The van der Waals surface area contributed by atoms with E-state index < -0.39 is 10.0 Å². The minimum Gasteiger partial charge on any atom is -0.411 e. The van der Waals surface area contributed by atoms with E-state index in [0.717, 1.165) is 24.0 Å². The molecule has 8 heteroatoms. The van der Waals surface area contributed by atoms with Gasteiger partial charge in [-0.2, -0.15) is 0 Å². The lowest BCUT2D eigenvalue weighted by molar-refractivity contribution is -0.107. The molecule has 0 aliphatic carbocycles. The molecule has 2 aromatic carbocycles. The molecule has 0 amide bonds. The van der Waals surface area contributed by atoms with Crippen LogP contribution in [-0.4, -0.2) is 39.8 Å². The number of methoxy groups -OCH3 is 2. The zero-order chi connectivity index (χ0) is 22.1. The Kier molecular flexibility index (Phi) is 8.83. The van der Waals surface area contributed by atoms with Crippen molar-refractivity contribution in [2.75, 3.05) is 18.9 Å². The summed E-state index contributed by atoms with van der Waals surface area (Å²) in [5, 5.41) is 13.1. The van der Waals surface area contributed by atoms with Crippen LogP contribution in [-0.2, 0) is 19.5 Å². The van der Waals surface area contributed by atoms with Gasteiger partial charge in [-0.25, -0.2) is 8.42 Å². The van der Waals surface area contributed by atoms with Gasteiger partial charge in [0.2, 0.25) is 0 Å². The Bertz CT molecular complexity index is 952. The highest BCUT2D eigenvalue weighted by Crippen LogP contribution is 2.26. The number of ether oxygens (including phenoxy) is 2. The van der Waals surface area contributed by atoms with Gasteiger partial charge >= 0.3 is 0 Å². The molecule has 0 spiro atoms. The van der Waals surface area contributed by atoms with Crippen LogP contribution in [0.2, 0.25) is 0 Å². The number of para-hydroxylation sites is 1. The fraction of sp³-hybridized carbons (Fsp3) is 0.409. The molecular formula is C22H30N2O5S. The predicted octanol–water partition coefficient (Wildman–Crippen LogP) is 4.46. The number of hydrogen-bond acceptors (Lipinski definition) is 6. The van der Waals surface area contributed by atoms with Gasteiger partial charge in [0.1, 0.15) is 0 Å². The molecule has 0 saturated heterocycles. The number of unbranched alkanes of at least 4 members (excludes halogenated alkanes) is 1. The summed E-state index contributed by atoms with van der Waals surface area (Å²) in [6.07, 6.45) is 2.48. The van der Waals surface area contributed by atoms with E-state index in [1.807, 2.05) is 26.0 Å². The summed E-state index contributed by atoms with van der Waals surface area (Å²) in [5.74, 6) is 0. The zero-order valence-corrected chi connectivity index (χ0v) is 18.7. The number of anilines is 1. The lowest BCUT2D eigenvalue weighted by Gasteiger charge is -2.17. The first-order chi connectivity index (χ1) is 14.3. The molecule has 0 saturated carbocycles. The van der Waals surface area contributed by atoms with Gasteiger partial charge in [-0.05, 0) is 57.2 Å². The number of sulfonamides is 1. The Labute approximate surface area is 178 Å². The summed E-state index contributed by atoms with van der Waals surface area (Å²) in [6.45, 7) is 3.71. The molecule has 30 heavy (non-hydrogen) atoms. The second-order valence-electron chi connectivity index (χ2n) is 7.11. The van der Waals surface area contributed by atoms with Gasteiger partial charge in [-0.1, -0.05) is 41.1 Å². The average molecular weight is 435 g/mol. The minimum atomic E-state index is -3.78. The van der Waals surface area contributed by atoms with E-state index in [1.54, 1.807) is 44.6 Å². The normalized spacial score (nSPS) is 12.4. The van der Waals surface area contributed by atoms with Crippen LogP contribution in [0.25, 0.3) is 0 Å². The quantitative estimate of drug-likeness (QED) is 0.179. The van der Waals surface area contributed by atoms with Crippen LogP contribution in [0.1, 0.15) is 42.4 Å². The van der Waals surface area contributed by atoms with Crippen molar-refractivity contribution in [2.24, 2.45) is 5.16 Å². The average Bonchev–Trinajstić information content (AvgIpc) is 2.73. The molecule has 7 nitrogen and oxygen atoms in total. The van der Waals surface area contributed by atoms with Crippen molar-refractivity contribution in [3.05, 3.63) is 59.2 Å². The Morgan fingerprint density at radius 1 is 1.07 bits per heavy atom. The maximum Gasteiger partial charge on any atom is 0.261 e. The van der Waals surface area contributed by atoms with Crippen molar-refractivity contribution in [3.8, 4) is 0 Å². The van der Waals surface area contributed by atoms with Crippen molar-refractivity contribution in [1.82, 2.24) is 0 Å². The van der Waals surface area contributed by atoms with E-state index in [1.165, 1.54) is 0 Å². The number of benzene rings is 2. The largest absolute Gasteiger partial charge is 0.411 e. The smallest absolute Gasteiger partial charge is 0.261 e. The fourth-order valence-electron chi connectivity index (χ4n) is 3.13. The van der Waals surface area contributed by atoms with Gasteiger partial charge in [0.25, 0.3) is 10.0 Å². The van der Waals surface area contributed by atoms with Gasteiger partial charge in [0.15, 0.2) is 6.29 Å². The number of oxime groups is 1. The number of nitrogens with one attached hydrogen (secondary N) is 1. The molecule has 2 N–H and O–H groups in total. The van der Waals surface area contributed by atoms with Crippen molar-refractivity contribution >= 4 is 21.4 Å². The van der Waals surface area contributed by atoms with Crippen LogP contribution in [0.15, 0.2) is 52.5 Å². The lowest BCUT2D eigenvalue weighted by atomic mass is 10.00. The summed E-state index contributed by atoms with van der Waals surface area (Å²) < 4.78 is 38.8. The summed E-state index contributed by atoms with van der Waals surface area (Å²) in [7, 11) is -0.597. The topological polar surface area (TPSA) is 97.2 Å². The third kappa shape index (κ3) is 6.29. The molecule has 0 unspecified atom stereocenters. The second kappa shape index (κ2) is 11.1. The van der Waals surface area contributed by atoms with Crippen LogP contribution >= 0.6 is 0 Å². The van der Waals surface area contributed by atoms with Gasteiger partial charge in [-0.3, -0.25) is 4.72 Å². The standard InChI is InChI=1S/C22H30N2O5S/c1-16-12-14-18(15-13-16)30(26,27)24-22-17(2)8-7-9-19(22)20(23-25)10-5-6-11-21(28-3)29-4/h7-9,12-15,21,24-25H,5-6,10-11H2,1-4H3. The highest BCUT2D eigenvalue weighted by Gasteiger charge is 2.20. The number of rotatable bonds is 11. The summed E-state index contributed by atoms with van der Waals surface area (Å²) in [5.41, 5.74) is 3.11. The van der Waals surface area contributed by atoms with Crippen LogP contribution < -0.4 is 4.72 Å². The van der Waals surface area contributed by atoms with Crippen molar-refractivity contribution in [3.63, 3.8) is 0 Å². The molecule has 0 atom stereocenters. The van der Waals surface area contributed by atoms with Crippen LogP contribution in [0.3, 0.4) is 0 Å². The summed E-state index contributed by atoms with van der Waals surface area (Å²) >= 11 is 0. The highest BCUT2D eigenvalue weighted by molar-refractivity contribution is 7.92. The second-order valence-corrected chi connectivity index (χ2v) is 8.79. The van der Waals surface area contributed by atoms with E-state index in [9.17, 15) is 13.6 Å². The van der Waals surface area contributed by atoms with Crippen molar-refractivity contribution in [1.29, 1.82) is 0 Å². The summed E-state index contributed by atoms with van der Waals surface area (Å²) in [4.78, 5) is 0.176. The van der Waals surface area contributed by atoms with Gasteiger partial charge in [0, 0.05) is 19.8 Å². The third-order valence-corrected chi connectivity index (χ3v) is 6.27. The Morgan fingerprint density at radius 3 is 2.33 bits per heavy atom. The summed E-state index contributed by atoms with van der Waals surface area (Å²) in [6, 6.07) is 12.0. The number of nitrogens with zero attached hydrogens (tertiary/aromatic N) is 1. The molecule has 164 valence electrons. The Hall–Kier alpha value is -2.42. The highest BCUT2D eigenvalue weighted by atomic mass is 32.2. The van der Waals surface area contributed by atoms with Crippen LogP contribution in [0.5, 0.6) is 0 Å². The van der Waals surface area contributed by atoms with Crippen LogP contribution in [0, 0.1) is 13.8 Å². The molecule has 2 aromatic rings. The molecule has 0 fully saturated rings. The molecule has 0 aliphatic rings. The molecular weight excluding hydrogens is 404 g/mol. The zero-order valence-electron chi connectivity index (χ0n) is 17.9.